The van der Waals surface area contributed by atoms with Crippen molar-refractivity contribution in [3.8, 4) is 0 Å². The van der Waals surface area contributed by atoms with Crippen LogP contribution in [0.5, 0.6) is 0 Å². The van der Waals surface area contributed by atoms with Crippen LogP contribution in [0.1, 0.15) is 11.4 Å². The first-order valence-electron chi connectivity index (χ1n) is 6.81. The second-order valence-corrected chi connectivity index (χ2v) is 7.00. The number of benzene rings is 1. The number of sulfonamides is 1. The van der Waals surface area contributed by atoms with Gasteiger partial charge in [-0.15, -0.1) is 0 Å². The largest absolute Gasteiger partial charge is 0.379 e. The molecule has 0 N–H and O–H groups in total. The average molecular weight is 307 g/mol. The maximum absolute atomic E-state index is 12.6. The average Bonchev–Trinajstić information content (AvgIpc) is 2.49. The van der Waals surface area contributed by atoms with Crippen LogP contribution in [0.4, 0.5) is 0 Å². The van der Waals surface area contributed by atoms with Crippen LogP contribution in [-0.2, 0) is 14.8 Å². The van der Waals surface area contributed by atoms with Crippen molar-refractivity contribution in [3.63, 3.8) is 0 Å². The molecule has 0 saturated carbocycles. The molecule has 1 fully saturated rings. The monoisotopic (exact) mass is 307 g/mol. The van der Waals surface area contributed by atoms with Gasteiger partial charge in [-0.05, 0) is 32.0 Å². The third kappa shape index (κ3) is 2.64. The molecule has 6 nitrogen and oxygen atoms in total. The molecule has 1 saturated heterocycles. The highest BCUT2D eigenvalue weighted by Crippen LogP contribution is 2.21. The molecule has 112 valence electrons. The highest BCUT2D eigenvalue weighted by molar-refractivity contribution is 7.89. The third-order valence-corrected chi connectivity index (χ3v) is 5.55. The molecule has 7 heteroatoms. The number of hydrogen-bond acceptors (Lipinski definition) is 5. The van der Waals surface area contributed by atoms with Crippen molar-refractivity contribution in [1.29, 1.82) is 0 Å². The van der Waals surface area contributed by atoms with Crippen molar-refractivity contribution < 1.29 is 13.2 Å². The molecule has 0 aliphatic carbocycles. The molecule has 2 aromatic rings. The van der Waals surface area contributed by atoms with Crippen molar-refractivity contribution in [2.24, 2.45) is 0 Å². The standard InChI is InChI=1S/C14H17N3O3S/c1-10-11(2)16-14-9-12(3-4-13(14)15-10)21(18,19)17-5-7-20-8-6-17/h3-4,9H,5-8H2,1-2H3. The molecule has 1 aromatic carbocycles. The minimum absolute atomic E-state index is 0.259. The van der Waals surface area contributed by atoms with E-state index in [4.69, 9.17) is 4.74 Å². The Morgan fingerprint density at radius 1 is 1.05 bits per heavy atom. The SMILES string of the molecule is Cc1nc2ccc(S(=O)(=O)N3CCOCC3)cc2nc1C. The normalized spacial score (nSPS) is 17.2. The van der Waals surface area contributed by atoms with Gasteiger partial charge in [-0.1, -0.05) is 0 Å². The van der Waals surface area contributed by atoms with Gasteiger partial charge in [-0.25, -0.2) is 18.4 Å². The Labute approximate surface area is 123 Å². The summed E-state index contributed by atoms with van der Waals surface area (Å²) in [5.41, 5.74) is 2.97. The minimum Gasteiger partial charge on any atom is -0.379 e. The molecule has 0 spiro atoms. The molecule has 0 amide bonds. The number of nitrogens with zero attached hydrogens (tertiary/aromatic N) is 3. The van der Waals surface area contributed by atoms with E-state index >= 15 is 0 Å². The van der Waals surface area contributed by atoms with Crippen LogP contribution in [0.15, 0.2) is 23.1 Å². The maximum Gasteiger partial charge on any atom is 0.243 e. The summed E-state index contributed by atoms with van der Waals surface area (Å²) in [5.74, 6) is 0. The van der Waals surface area contributed by atoms with Crippen LogP contribution in [0.25, 0.3) is 11.0 Å². The Morgan fingerprint density at radius 3 is 2.33 bits per heavy atom. The molecule has 1 aliphatic heterocycles. The lowest BCUT2D eigenvalue weighted by Gasteiger charge is -2.26. The Morgan fingerprint density at radius 2 is 1.67 bits per heavy atom. The molecule has 0 atom stereocenters. The third-order valence-electron chi connectivity index (χ3n) is 3.65. The van der Waals surface area contributed by atoms with Gasteiger partial charge in [0.1, 0.15) is 0 Å². The number of aryl methyl sites for hydroxylation is 2. The first-order chi connectivity index (χ1) is 9.98. The van der Waals surface area contributed by atoms with Gasteiger partial charge in [0.05, 0.1) is 40.5 Å². The van der Waals surface area contributed by atoms with E-state index in [1.807, 2.05) is 13.8 Å². The van der Waals surface area contributed by atoms with E-state index in [1.54, 1.807) is 18.2 Å². The highest BCUT2D eigenvalue weighted by Gasteiger charge is 2.26. The summed E-state index contributed by atoms with van der Waals surface area (Å²) in [6.07, 6.45) is 0. The van der Waals surface area contributed by atoms with Gasteiger partial charge in [0, 0.05) is 13.1 Å². The molecular weight excluding hydrogens is 290 g/mol. The molecule has 0 unspecified atom stereocenters. The fourth-order valence-electron chi connectivity index (χ4n) is 2.31. The van der Waals surface area contributed by atoms with Crippen molar-refractivity contribution >= 4 is 21.1 Å². The quantitative estimate of drug-likeness (QED) is 0.835. The topological polar surface area (TPSA) is 72.4 Å². The van der Waals surface area contributed by atoms with Crippen LogP contribution in [0.3, 0.4) is 0 Å². The molecule has 1 aliphatic rings. The van der Waals surface area contributed by atoms with Crippen LogP contribution >= 0.6 is 0 Å². The van der Waals surface area contributed by atoms with Gasteiger partial charge in [0.25, 0.3) is 0 Å². The van der Waals surface area contributed by atoms with E-state index in [2.05, 4.69) is 9.97 Å². The van der Waals surface area contributed by atoms with Gasteiger partial charge in [0.2, 0.25) is 10.0 Å². The van der Waals surface area contributed by atoms with E-state index in [0.717, 1.165) is 11.4 Å². The lowest BCUT2D eigenvalue weighted by molar-refractivity contribution is 0.0730. The van der Waals surface area contributed by atoms with E-state index in [0.29, 0.717) is 37.3 Å². The van der Waals surface area contributed by atoms with Crippen molar-refractivity contribution in [2.45, 2.75) is 18.7 Å². The molecule has 0 bridgehead atoms. The zero-order valence-electron chi connectivity index (χ0n) is 12.0. The minimum atomic E-state index is -3.49. The molecule has 0 radical (unpaired) electrons. The van der Waals surface area contributed by atoms with Crippen LogP contribution in [0, 0.1) is 13.8 Å². The first-order valence-corrected chi connectivity index (χ1v) is 8.25. The summed E-state index contributed by atoms with van der Waals surface area (Å²) in [7, 11) is -3.49. The van der Waals surface area contributed by atoms with E-state index in [1.165, 1.54) is 4.31 Å². The summed E-state index contributed by atoms with van der Waals surface area (Å²) >= 11 is 0. The summed E-state index contributed by atoms with van der Waals surface area (Å²) < 4.78 is 31.9. The lowest BCUT2D eigenvalue weighted by Crippen LogP contribution is -2.40. The number of rotatable bonds is 2. The molecule has 2 heterocycles. The Hall–Kier alpha value is -1.57. The number of aromatic nitrogens is 2. The second kappa shape index (κ2) is 5.32. The lowest BCUT2D eigenvalue weighted by atomic mass is 10.2. The van der Waals surface area contributed by atoms with Crippen molar-refractivity contribution in [1.82, 2.24) is 14.3 Å². The number of morpholine rings is 1. The van der Waals surface area contributed by atoms with Crippen LogP contribution in [-0.4, -0.2) is 49.0 Å². The van der Waals surface area contributed by atoms with Gasteiger partial charge in [-0.3, -0.25) is 0 Å². The Kier molecular flexibility index (Phi) is 3.64. The zero-order chi connectivity index (χ0) is 15.0. The summed E-state index contributed by atoms with van der Waals surface area (Å²) in [5, 5.41) is 0. The van der Waals surface area contributed by atoms with Crippen LogP contribution < -0.4 is 0 Å². The van der Waals surface area contributed by atoms with Gasteiger partial charge in [0.15, 0.2) is 0 Å². The fraction of sp³-hybridized carbons (Fsp3) is 0.429. The zero-order valence-corrected chi connectivity index (χ0v) is 12.9. The molecule has 21 heavy (non-hydrogen) atoms. The summed E-state index contributed by atoms with van der Waals surface area (Å²) in [4.78, 5) is 9.10. The molecule has 1 aromatic heterocycles. The van der Waals surface area contributed by atoms with Crippen molar-refractivity contribution in [2.75, 3.05) is 26.3 Å². The Balaban J connectivity index is 2.05. The highest BCUT2D eigenvalue weighted by atomic mass is 32.2. The Bertz CT molecular complexity index is 783. The second-order valence-electron chi connectivity index (χ2n) is 5.06. The van der Waals surface area contributed by atoms with Crippen molar-refractivity contribution in [3.05, 3.63) is 29.6 Å². The molecular formula is C14H17N3O3S. The number of hydrogen-bond donors (Lipinski definition) is 0. The van der Waals surface area contributed by atoms with E-state index in [9.17, 15) is 8.42 Å². The molecule has 3 rings (SSSR count). The fourth-order valence-corrected chi connectivity index (χ4v) is 3.74. The number of ether oxygens (including phenoxy) is 1. The van der Waals surface area contributed by atoms with E-state index < -0.39 is 10.0 Å². The smallest absolute Gasteiger partial charge is 0.243 e. The summed E-state index contributed by atoms with van der Waals surface area (Å²) in [6.45, 7) is 5.40. The number of fused-ring (bicyclic) bond motifs is 1. The predicted molar refractivity (Wildman–Crippen MR) is 78.6 cm³/mol. The maximum atomic E-state index is 12.6. The van der Waals surface area contributed by atoms with Crippen LogP contribution in [0.2, 0.25) is 0 Å². The van der Waals surface area contributed by atoms with Gasteiger partial charge >= 0.3 is 0 Å². The van der Waals surface area contributed by atoms with Gasteiger partial charge in [-0.2, -0.15) is 4.31 Å². The summed E-state index contributed by atoms with van der Waals surface area (Å²) in [6, 6.07) is 4.90. The predicted octanol–water partition coefficient (Wildman–Crippen LogP) is 1.27. The van der Waals surface area contributed by atoms with E-state index in [-0.39, 0.29) is 4.90 Å². The van der Waals surface area contributed by atoms with Gasteiger partial charge < -0.3 is 4.74 Å². The first kappa shape index (κ1) is 14.4.